The second-order valence-electron chi connectivity index (χ2n) is 4.12. The average molecular weight is 215 g/mol. The Kier molecular flexibility index (Phi) is 2.20. The lowest BCUT2D eigenvalue weighted by atomic mass is 9.92. The SMILES string of the molecule is Cc1nnc(-c2ccnc3c2CCCC3)o1. The lowest BCUT2D eigenvalue weighted by Gasteiger charge is -2.16. The molecule has 2 aromatic rings. The van der Waals surface area contributed by atoms with Crippen LogP contribution in [0.15, 0.2) is 16.7 Å². The van der Waals surface area contributed by atoms with Crippen LogP contribution in [0, 0.1) is 6.92 Å². The van der Waals surface area contributed by atoms with E-state index in [1.807, 2.05) is 19.2 Å². The Labute approximate surface area is 93.7 Å². The maximum atomic E-state index is 5.49. The zero-order valence-electron chi connectivity index (χ0n) is 9.23. The van der Waals surface area contributed by atoms with Gasteiger partial charge < -0.3 is 4.42 Å². The minimum Gasteiger partial charge on any atom is -0.421 e. The molecule has 4 nitrogen and oxygen atoms in total. The first-order valence-electron chi connectivity index (χ1n) is 5.62. The van der Waals surface area contributed by atoms with Gasteiger partial charge in [0.2, 0.25) is 11.8 Å². The van der Waals surface area contributed by atoms with Gasteiger partial charge in [0.05, 0.1) is 0 Å². The third-order valence-electron chi connectivity index (χ3n) is 2.99. The Morgan fingerprint density at radius 3 is 2.88 bits per heavy atom. The molecule has 0 N–H and O–H groups in total. The third-order valence-corrected chi connectivity index (χ3v) is 2.99. The molecule has 0 unspecified atom stereocenters. The van der Waals surface area contributed by atoms with Crippen molar-refractivity contribution in [1.82, 2.24) is 15.2 Å². The van der Waals surface area contributed by atoms with Crippen LogP contribution < -0.4 is 0 Å². The molecule has 0 aliphatic heterocycles. The Balaban J connectivity index is 2.13. The van der Waals surface area contributed by atoms with E-state index in [9.17, 15) is 0 Å². The number of aryl methyl sites for hydroxylation is 2. The second-order valence-corrected chi connectivity index (χ2v) is 4.12. The van der Waals surface area contributed by atoms with Crippen molar-refractivity contribution in [2.45, 2.75) is 32.6 Å². The Morgan fingerprint density at radius 2 is 2.06 bits per heavy atom. The molecule has 0 atom stereocenters. The van der Waals surface area contributed by atoms with Crippen molar-refractivity contribution in [2.75, 3.05) is 0 Å². The molecule has 1 aliphatic carbocycles. The van der Waals surface area contributed by atoms with Gasteiger partial charge in [-0.15, -0.1) is 10.2 Å². The van der Waals surface area contributed by atoms with E-state index in [0.29, 0.717) is 11.8 Å². The van der Waals surface area contributed by atoms with Gasteiger partial charge in [-0.3, -0.25) is 4.98 Å². The Bertz CT molecular complexity index is 519. The van der Waals surface area contributed by atoms with Gasteiger partial charge in [0, 0.05) is 24.4 Å². The number of fused-ring (bicyclic) bond motifs is 1. The van der Waals surface area contributed by atoms with Crippen LogP contribution in [0.1, 0.15) is 30.0 Å². The number of rotatable bonds is 1. The fourth-order valence-electron chi connectivity index (χ4n) is 2.23. The fourth-order valence-corrected chi connectivity index (χ4v) is 2.23. The number of nitrogens with zero attached hydrogens (tertiary/aromatic N) is 3. The fraction of sp³-hybridized carbons (Fsp3) is 0.417. The lowest BCUT2D eigenvalue weighted by molar-refractivity contribution is 0.531. The summed E-state index contributed by atoms with van der Waals surface area (Å²) >= 11 is 0. The largest absolute Gasteiger partial charge is 0.421 e. The number of hydrogen-bond acceptors (Lipinski definition) is 4. The highest BCUT2D eigenvalue weighted by molar-refractivity contribution is 5.59. The second kappa shape index (κ2) is 3.70. The summed E-state index contributed by atoms with van der Waals surface area (Å²) in [5.74, 6) is 1.23. The molecule has 4 heteroatoms. The van der Waals surface area contributed by atoms with Crippen molar-refractivity contribution in [3.63, 3.8) is 0 Å². The Hall–Kier alpha value is -1.71. The predicted molar refractivity (Wildman–Crippen MR) is 58.9 cm³/mol. The van der Waals surface area contributed by atoms with Gasteiger partial charge in [0.15, 0.2) is 0 Å². The molecule has 0 amide bonds. The van der Waals surface area contributed by atoms with Crippen LogP contribution >= 0.6 is 0 Å². The predicted octanol–water partition coefficient (Wildman–Crippen LogP) is 2.32. The van der Waals surface area contributed by atoms with Crippen LogP contribution in [0.3, 0.4) is 0 Å². The highest BCUT2D eigenvalue weighted by atomic mass is 16.4. The van der Waals surface area contributed by atoms with E-state index in [1.165, 1.54) is 24.1 Å². The van der Waals surface area contributed by atoms with Crippen molar-refractivity contribution in [1.29, 1.82) is 0 Å². The molecule has 0 aromatic carbocycles. The lowest BCUT2D eigenvalue weighted by Crippen LogP contribution is -2.06. The molecular weight excluding hydrogens is 202 g/mol. The maximum absolute atomic E-state index is 5.49. The van der Waals surface area contributed by atoms with Gasteiger partial charge in [-0.2, -0.15) is 0 Å². The summed E-state index contributed by atoms with van der Waals surface area (Å²) in [6, 6.07) is 1.97. The summed E-state index contributed by atoms with van der Waals surface area (Å²) in [5.41, 5.74) is 3.54. The average Bonchev–Trinajstić information content (AvgIpc) is 2.75. The quantitative estimate of drug-likeness (QED) is 0.732. The van der Waals surface area contributed by atoms with Gasteiger partial charge in [-0.1, -0.05) is 0 Å². The van der Waals surface area contributed by atoms with Crippen molar-refractivity contribution >= 4 is 0 Å². The van der Waals surface area contributed by atoms with Gasteiger partial charge in [-0.25, -0.2) is 0 Å². The Morgan fingerprint density at radius 1 is 1.19 bits per heavy atom. The molecule has 0 saturated carbocycles. The molecular formula is C12H13N3O. The minimum absolute atomic E-state index is 0.608. The van der Waals surface area contributed by atoms with E-state index in [4.69, 9.17) is 4.42 Å². The topological polar surface area (TPSA) is 51.8 Å². The monoisotopic (exact) mass is 215 g/mol. The van der Waals surface area contributed by atoms with E-state index in [2.05, 4.69) is 15.2 Å². The van der Waals surface area contributed by atoms with Gasteiger partial charge >= 0.3 is 0 Å². The molecule has 0 radical (unpaired) electrons. The molecule has 3 rings (SSSR count). The zero-order valence-corrected chi connectivity index (χ0v) is 9.23. The molecule has 0 fully saturated rings. The van der Waals surface area contributed by atoms with E-state index < -0.39 is 0 Å². The van der Waals surface area contributed by atoms with Crippen LogP contribution in [0.5, 0.6) is 0 Å². The molecule has 0 saturated heterocycles. The van der Waals surface area contributed by atoms with E-state index in [1.54, 1.807) is 0 Å². The minimum atomic E-state index is 0.608. The smallest absolute Gasteiger partial charge is 0.248 e. The standard InChI is InChI=1S/C12H13N3O/c1-8-14-15-12(16-8)10-6-7-13-11-5-3-2-4-9(10)11/h6-7H,2-5H2,1H3. The first kappa shape index (κ1) is 9.51. The van der Waals surface area contributed by atoms with Crippen LogP contribution in [-0.2, 0) is 12.8 Å². The van der Waals surface area contributed by atoms with Gasteiger partial charge in [-0.05, 0) is 37.3 Å². The van der Waals surface area contributed by atoms with E-state index in [0.717, 1.165) is 18.4 Å². The molecule has 0 spiro atoms. The van der Waals surface area contributed by atoms with Crippen LogP contribution in [0.4, 0.5) is 0 Å². The van der Waals surface area contributed by atoms with Crippen molar-refractivity contribution < 1.29 is 4.42 Å². The number of pyridine rings is 1. The van der Waals surface area contributed by atoms with Crippen molar-refractivity contribution in [3.8, 4) is 11.5 Å². The summed E-state index contributed by atoms with van der Waals surface area (Å²) in [7, 11) is 0. The van der Waals surface area contributed by atoms with E-state index in [-0.39, 0.29) is 0 Å². The molecule has 2 aromatic heterocycles. The van der Waals surface area contributed by atoms with Crippen LogP contribution in [-0.4, -0.2) is 15.2 Å². The summed E-state index contributed by atoms with van der Waals surface area (Å²) in [6.45, 7) is 1.81. The number of hydrogen-bond donors (Lipinski definition) is 0. The summed E-state index contributed by atoms with van der Waals surface area (Å²) in [6.07, 6.45) is 6.42. The first-order valence-corrected chi connectivity index (χ1v) is 5.62. The first-order chi connectivity index (χ1) is 7.84. The maximum Gasteiger partial charge on any atom is 0.248 e. The van der Waals surface area contributed by atoms with Crippen molar-refractivity contribution in [3.05, 3.63) is 29.4 Å². The normalized spacial score (nSPS) is 14.8. The van der Waals surface area contributed by atoms with E-state index >= 15 is 0 Å². The van der Waals surface area contributed by atoms with Crippen LogP contribution in [0.2, 0.25) is 0 Å². The summed E-state index contributed by atoms with van der Waals surface area (Å²) in [4.78, 5) is 4.42. The zero-order chi connectivity index (χ0) is 11.0. The molecule has 1 aliphatic rings. The molecule has 82 valence electrons. The molecule has 0 bridgehead atoms. The summed E-state index contributed by atoms with van der Waals surface area (Å²) < 4.78 is 5.49. The highest BCUT2D eigenvalue weighted by Gasteiger charge is 2.18. The van der Waals surface area contributed by atoms with Gasteiger partial charge in [0.1, 0.15) is 0 Å². The highest BCUT2D eigenvalue weighted by Crippen LogP contribution is 2.29. The number of aromatic nitrogens is 3. The third kappa shape index (κ3) is 1.50. The van der Waals surface area contributed by atoms with Crippen molar-refractivity contribution in [2.24, 2.45) is 0 Å². The van der Waals surface area contributed by atoms with Crippen LogP contribution in [0.25, 0.3) is 11.5 Å². The summed E-state index contributed by atoms with van der Waals surface area (Å²) in [5, 5.41) is 7.95. The molecule has 2 heterocycles. The van der Waals surface area contributed by atoms with Gasteiger partial charge in [0.25, 0.3) is 0 Å². The molecule has 16 heavy (non-hydrogen) atoms.